The van der Waals surface area contributed by atoms with Crippen LogP contribution in [0.25, 0.3) is 0 Å². The number of carbonyl (C=O) groups excluding carboxylic acids is 1. The Bertz CT molecular complexity index is 1020. The van der Waals surface area contributed by atoms with Crippen molar-refractivity contribution in [2.45, 2.75) is 32.4 Å². The lowest BCUT2D eigenvalue weighted by Gasteiger charge is -2.30. The average molecular weight is 455 g/mol. The molecule has 1 aliphatic heterocycles. The number of carbonyl (C=O) groups is 1. The van der Waals surface area contributed by atoms with Gasteiger partial charge in [0.2, 0.25) is 15.9 Å². The van der Waals surface area contributed by atoms with Crippen molar-refractivity contribution in [2.75, 3.05) is 18.4 Å². The number of piperidine rings is 1. The number of hydrogen-bond donors (Lipinski definition) is 1. The zero-order valence-electron chi connectivity index (χ0n) is 16.4. The molecule has 0 atom stereocenters. The first kappa shape index (κ1) is 22.1. The summed E-state index contributed by atoms with van der Waals surface area (Å²) in [4.78, 5) is 12.6. The van der Waals surface area contributed by atoms with E-state index in [1.165, 1.54) is 15.9 Å². The molecule has 0 unspecified atom stereocenters. The molecule has 0 aromatic heterocycles. The van der Waals surface area contributed by atoms with Crippen LogP contribution in [0.3, 0.4) is 0 Å². The van der Waals surface area contributed by atoms with Gasteiger partial charge >= 0.3 is 0 Å². The second kappa shape index (κ2) is 9.04. The van der Waals surface area contributed by atoms with E-state index in [4.69, 9.17) is 23.2 Å². The second-order valence-electron chi connectivity index (χ2n) is 7.45. The minimum Gasteiger partial charge on any atom is -0.326 e. The molecule has 1 heterocycles. The van der Waals surface area contributed by atoms with Gasteiger partial charge in [-0.3, -0.25) is 4.79 Å². The number of aryl methyl sites for hydroxylation is 2. The summed E-state index contributed by atoms with van der Waals surface area (Å²) in [6.45, 7) is 4.66. The number of benzene rings is 2. The normalized spacial score (nSPS) is 16.0. The van der Waals surface area contributed by atoms with Crippen LogP contribution in [0.2, 0.25) is 10.0 Å². The summed E-state index contributed by atoms with van der Waals surface area (Å²) in [6, 6.07) is 10.6. The smallest absolute Gasteiger partial charge is 0.227 e. The first-order valence-electron chi connectivity index (χ1n) is 9.45. The van der Waals surface area contributed by atoms with Gasteiger partial charge in [-0.15, -0.1) is 0 Å². The van der Waals surface area contributed by atoms with Crippen LogP contribution >= 0.6 is 23.2 Å². The number of nitrogens with zero attached hydrogens (tertiary/aromatic N) is 1. The molecule has 1 saturated heterocycles. The molecule has 2 aromatic rings. The molecule has 0 spiro atoms. The second-order valence-corrected chi connectivity index (χ2v) is 10.3. The Morgan fingerprint density at radius 2 is 1.76 bits per heavy atom. The molecule has 0 radical (unpaired) electrons. The Morgan fingerprint density at radius 3 is 2.38 bits per heavy atom. The third kappa shape index (κ3) is 5.51. The van der Waals surface area contributed by atoms with Crippen LogP contribution in [0.5, 0.6) is 0 Å². The number of hydrogen-bond acceptors (Lipinski definition) is 3. The molecule has 1 N–H and O–H groups in total. The monoisotopic (exact) mass is 454 g/mol. The predicted octanol–water partition coefficient (Wildman–Crippen LogP) is 4.79. The summed E-state index contributed by atoms with van der Waals surface area (Å²) in [5, 5.41) is 3.75. The predicted molar refractivity (Wildman–Crippen MR) is 118 cm³/mol. The van der Waals surface area contributed by atoms with Gasteiger partial charge in [-0.2, -0.15) is 0 Å². The van der Waals surface area contributed by atoms with Gasteiger partial charge in [-0.05, 0) is 67.6 Å². The zero-order chi connectivity index (χ0) is 21.2. The van der Waals surface area contributed by atoms with E-state index in [1.807, 2.05) is 32.0 Å². The summed E-state index contributed by atoms with van der Waals surface area (Å²) < 4.78 is 27.0. The van der Waals surface area contributed by atoms with Crippen molar-refractivity contribution in [1.82, 2.24) is 4.31 Å². The maximum absolute atomic E-state index is 12.8. The number of rotatable bonds is 5. The van der Waals surface area contributed by atoms with Crippen LogP contribution in [0.1, 0.15) is 29.5 Å². The first-order chi connectivity index (χ1) is 13.7. The molecule has 3 rings (SSSR count). The summed E-state index contributed by atoms with van der Waals surface area (Å²) in [6.07, 6.45) is 0.981. The molecule has 0 saturated carbocycles. The Labute approximate surface area is 182 Å². The van der Waals surface area contributed by atoms with E-state index in [0.29, 0.717) is 41.5 Å². The van der Waals surface area contributed by atoms with E-state index in [0.717, 1.165) is 11.3 Å². The van der Waals surface area contributed by atoms with E-state index in [2.05, 4.69) is 5.32 Å². The Kier molecular flexibility index (Phi) is 6.89. The van der Waals surface area contributed by atoms with Gasteiger partial charge in [-0.1, -0.05) is 35.3 Å². The molecule has 2 aromatic carbocycles. The van der Waals surface area contributed by atoms with Crippen LogP contribution in [0.15, 0.2) is 36.4 Å². The first-order valence-corrected chi connectivity index (χ1v) is 11.8. The highest BCUT2D eigenvalue weighted by Gasteiger charge is 2.31. The minimum absolute atomic E-state index is 0.0638. The molecular weight excluding hydrogens is 431 g/mol. The fraction of sp³-hybridized carbons (Fsp3) is 0.381. The van der Waals surface area contributed by atoms with Gasteiger partial charge in [0.1, 0.15) is 0 Å². The largest absolute Gasteiger partial charge is 0.326 e. The third-order valence-corrected chi connectivity index (χ3v) is 7.76. The molecule has 29 heavy (non-hydrogen) atoms. The van der Waals surface area contributed by atoms with Gasteiger partial charge in [0.25, 0.3) is 0 Å². The molecular formula is C21H24Cl2N2O3S. The molecule has 156 valence electrons. The van der Waals surface area contributed by atoms with Crippen molar-refractivity contribution in [3.63, 3.8) is 0 Å². The molecule has 5 nitrogen and oxygen atoms in total. The van der Waals surface area contributed by atoms with Crippen molar-refractivity contribution >= 4 is 44.8 Å². The highest BCUT2D eigenvalue weighted by molar-refractivity contribution is 7.88. The fourth-order valence-corrected chi connectivity index (χ4v) is 5.54. The molecule has 0 bridgehead atoms. The van der Waals surface area contributed by atoms with E-state index >= 15 is 0 Å². The quantitative estimate of drug-likeness (QED) is 0.705. The molecule has 1 aliphatic rings. The Morgan fingerprint density at radius 1 is 1.07 bits per heavy atom. The van der Waals surface area contributed by atoms with Crippen molar-refractivity contribution in [3.8, 4) is 0 Å². The maximum Gasteiger partial charge on any atom is 0.227 e. The van der Waals surface area contributed by atoms with Crippen molar-refractivity contribution in [3.05, 3.63) is 63.1 Å². The van der Waals surface area contributed by atoms with Crippen LogP contribution in [0.4, 0.5) is 5.69 Å². The van der Waals surface area contributed by atoms with E-state index in [-0.39, 0.29) is 17.6 Å². The molecule has 8 heteroatoms. The number of halogens is 2. The van der Waals surface area contributed by atoms with E-state index in [1.54, 1.807) is 12.1 Å². The van der Waals surface area contributed by atoms with Crippen LogP contribution in [0, 0.1) is 19.8 Å². The van der Waals surface area contributed by atoms with Crippen molar-refractivity contribution in [2.24, 2.45) is 5.92 Å². The SMILES string of the molecule is Cc1ccc(NC(=O)C2CCN(S(=O)(=O)Cc3ccc(Cl)cc3Cl)CC2)cc1C. The Balaban J connectivity index is 1.58. The number of sulfonamides is 1. The summed E-state index contributed by atoms with van der Waals surface area (Å²) in [5.74, 6) is -0.448. The van der Waals surface area contributed by atoms with Gasteiger partial charge in [-0.25, -0.2) is 12.7 Å². The average Bonchev–Trinajstić information content (AvgIpc) is 2.67. The van der Waals surface area contributed by atoms with Gasteiger partial charge in [0, 0.05) is 34.7 Å². The lowest BCUT2D eigenvalue weighted by molar-refractivity contribution is -0.120. The fourth-order valence-electron chi connectivity index (χ4n) is 3.39. The van der Waals surface area contributed by atoms with Gasteiger partial charge in [0.15, 0.2) is 0 Å². The van der Waals surface area contributed by atoms with Crippen LogP contribution < -0.4 is 5.32 Å². The third-order valence-electron chi connectivity index (χ3n) is 5.35. The lowest BCUT2D eigenvalue weighted by Crippen LogP contribution is -2.41. The number of anilines is 1. The van der Waals surface area contributed by atoms with Crippen molar-refractivity contribution in [1.29, 1.82) is 0 Å². The van der Waals surface area contributed by atoms with Crippen LogP contribution in [-0.4, -0.2) is 31.7 Å². The lowest BCUT2D eigenvalue weighted by atomic mass is 9.97. The van der Waals surface area contributed by atoms with E-state index in [9.17, 15) is 13.2 Å². The maximum atomic E-state index is 12.8. The van der Waals surface area contributed by atoms with Crippen LogP contribution in [-0.2, 0) is 20.6 Å². The highest BCUT2D eigenvalue weighted by atomic mass is 35.5. The van der Waals surface area contributed by atoms with E-state index < -0.39 is 10.0 Å². The van der Waals surface area contributed by atoms with Gasteiger partial charge in [0.05, 0.1) is 5.75 Å². The number of amides is 1. The summed E-state index contributed by atoms with van der Waals surface area (Å²) in [5.41, 5.74) is 3.57. The van der Waals surface area contributed by atoms with Crippen molar-refractivity contribution < 1.29 is 13.2 Å². The van der Waals surface area contributed by atoms with Gasteiger partial charge < -0.3 is 5.32 Å². The zero-order valence-corrected chi connectivity index (χ0v) is 18.7. The Hall–Kier alpha value is -1.60. The number of nitrogens with one attached hydrogen (secondary N) is 1. The molecule has 0 aliphatic carbocycles. The molecule has 1 amide bonds. The molecule has 1 fully saturated rings. The standard InChI is InChI=1S/C21H24Cl2N2O3S/c1-14-3-6-19(11-15(14)2)24-21(26)16-7-9-25(10-8-16)29(27,28)13-17-4-5-18(22)12-20(17)23/h3-6,11-12,16H,7-10,13H2,1-2H3,(H,24,26). The topological polar surface area (TPSA) is 66.5 Å². The highest BCUT2D eigenvalue weighted by Crippen LogP contribution is 2.27. The minimum atomic E-state index is -3.52. The summed E-state index contributed by atoms with van der Waals surface area (Å²) in [7, 11) is -3.52. The summed E-state index contributed by atoms with van der Waals surface area (Å²) >= 11 is 12.0.